The van der Waals surface area contributed by atoms with Crippen LogP contribution in [0.1, 0.15) is 63.2 Å². The van der Waals surface area contributed by atoms with Gasteiger partial charge in [-0.1, -0.05) is 27.2 Å². The lowest BCUT2D eigenvalue weighted by Crippen LogP contribution is -2.42. The van der Waals surface area contributed by atoms with E-state index < -0.39 is 0 Å². The van der Waals surface area contributed by atoms with E-state index >= 15 is 0 Å². The topological polar surface area (TPSA) is 46.6 Å². The Bertz CT molecular complexity index is 680. The number of nitrogens with zero attached hydrogens (tertiary/aromatic N) is 1. The molecule has 1 saturated carbocycles. The Morgan fingerprint density at radius 2 is 1.71 bits per heavy atom. The second-order valence-corrected chi connectivity index (χ2v) is 8.87. The highest BCUT2D eigenvalue weighted by molar-refractivity contribution is 5.94. The third kappa shape index (κ3) is 4.92. The van der Waals surface area contributed by atoms with Crippen molar-refractivity contribution in [1.82, 2.24) is 4.90 Å². The molecule has 3 atom stereocenters. The van der Waals surface area contributed by atoms with E-state index in [0.717, 1.165) is 12.8 Å². The van der Waals surface area contributed by atoms with Gasteiger partial charge in [0.25, 0.3) is 5.91 Å². The Hall–Kier alpha value is -1.91. The van der Waals surface area contributed by atoms with Crippen molar-refractivity contribution >= 4 is 11.9 Å². The molecule has 1 aromatic rings. The number of piperidine rings is 1. The van der Waals surface area contributed by atoms with Crippen molar-refractivity contribution in [2.24, 2.45) is 23.7 Å². The minimum atomic E-state index is -0.352. The van der Waals surface area contributed by atoms with E-state index in [-0.39, 0.29) is 29.7 Å². The molecular weight excluding hydrogens is 357 g/mol. The van der Waals surface area contributed by atoms with E-state index in [9.17, 15) is 14.0 Å². The van der Waals surface area contributed by atoms with Crippen LogP contribution in [0.4, 0.5) is 4.39 Å². The number of rotatable bonds is 4. The molecule has 4 nitrogen and oxygen atoms in total. The second kappa shape index (κ2) is 9.06. The van der Waals surface area contributed by atoms with Gasteiger partial charge in [0, 0.05) is 18.7 Å². The molecule has 1 aromatic carbocycles. The van der Waals surface area contributed by atoms with Crippen LogP contribution < -0.4 is 0 Å². The molecule has 1 heterocycles. The van der Waals surface area contributed by atoms with E-state index in [1.54, 1.807) is 4.90 Å². The third-order valence-electron chi connectivity index (χ3n) is 6.44. The van der Waals surface area contributed by atoms with Crippen molar-refractivity contribution in [1.29, 1.82) is 0 Å². The fourth-order valence-electron chi connectivity index (χ4n) is 4.59. The Labute approximate surface area is 167 Å². The first-order chi connectivity index (χ1) is 13.3. The van der Waals surface area contributed by atoms with E-state index in [0.29, 0.717) is 49.2 Å². The monoisotopic (exact) mass is 389 g/mol. The summed E-state index contributed by atoms with van der Waals surface area (Å²) in [6.07, 6.45) is 4.56. The van der Waals surface area contributed by atoms with Gasteiger partial charge in [0.15, 0.2) is 0 Å². The van der Waals surface area contributed by atoms with Gasteiger partial charge in [0.1, 0.15) is 11.9 Å². The van der Waals surface area contributed by atoms with Crippen LogP contribution in [0.25, 0.3) is 0 Å². The van der Waals surface area contributed by atoms with Crippen LogP contribution in [0.3, 0.4) is 0 Å². The maximum absolute atomic E-state index is 13.1. The van der Waals surface area contributed by atoms with E-state index in [4.69, 9.17) is 4.74 Å². The fraction of sp³-hybridized carbons (Fsp3) is 0.652. The van der Waals surface area contributed by atoms with Crippen LogP contribution in [-0.4, -0.2) is 36.0 Å². The zero-order valence-corrected chi connectivity index (χ0v) is 17.2. The number of carbonyl (C=O) groups excluding carboxylic acids is 2. The average molecular weight is 390 g/mol. The maximum atomic E-state index is 13.1. The molecule has 3 unspecified atom stereocenters. The molecule has 1 amide bonds. The number of benzene rings is 1. The smallest absolute Gasteiger partial charge is 0.309 e. The van der Waals surface area contributed by atoms with Gasteiger partial charge in [-0.15, -0.1) is 0 Å². The summed E-state index contributed by atoms with van der Waals surface area (Å²) in [5.41, 5.74) is 0.485. The summed E-state index contributed by atoms with van der Waals surface area (Å²) in [5.74, 6) is 0.868. The van der Waals surface area contributed by atoms with Gasteiger partial charge in [-0.05, 0) is 67.7 Å². The summed E-state index contributed by atoms with van der Waals surface area (Å²) in [5, 5.41) is 0. The van der Waals surface area contributed by atoms with Crippen LogP contribution in [0, 0.1) is 29.5 Å². The Morgan fingerprint density at radius 1 is 1.07 bits per heavy atom. The molecule has 3 rings (SSSR count). The summed E-state index contributed by atoms with van der Waals surface area (Å²) in [6, 6.07) is 5.62. The number of esters is 1. The lowest BCUT2D eigenvalue weighted by atomic mass is 9.75. The minimum Gasteiger partial charge on any atom is -0.462 e. The standard InChI is InChI=1S/C23H32FNO3/c1-15(2)20-9-4-16(3)14-21(20)28-23(27)18-10-12-25(13-11-18)22(26)17-5-7-19(24)8-6-17/h5-8,15-16,18,20-21H,4,9-14H2,1-3H3. The number of hydrogen-bond donors (Lipinski definition) is 0. The van der Waals surface area contributed by atoms with Gasteiger partial charge in [-0.2, -0.15) is 0 Å². The third-order valence-corrected chi connectivity index (χ3v) is 6.44. The van der Waals surface area contributed by atoms with Gasteiger partial charge in [0.05, 0.1) is 5.92 Å². The molecule has 0 N–H and O–H groups in total. The summed E-state index contributed by atoms with van der Waals surface area (Å²) in [6.45, 7) is 7.72. The molecular formula is C23H32FNO3. The van der Waals surface area contributed by atoms with Gasteiger partial charge in [0.2, 0.25) is 0 Å². The fourth-order valence-corrected chi connectivity index (χ4v) is 4.59. The highest BCUT2D eigenvalue weighted by atomic mass is 19.1. The average Bonchev–Trinajstić information content (AvgIpc) is 2.68. The van der Waals surface area contributed by atoms with Crippen LogP contribution in [0.15, 0.2) is 24.3 Å². The molecule has 5 heteroatoms. The van der Waals surface area contributed by atoms with Gasteiger partial charge < -0.3 is 9.64 Å². The Kier molecular flexibility index (Phi) is 6.73. The van der Waals surface area contributed by atoms with Crippen molar-refractivity contribution in [3.05, 3.63) is 35.6 Å². The number of halogens is 1. The summed E-state index contributed by atoms with van der Waals surface area (Å²) in [4.78, 5) is 27.1. The first-order valence-corrected chi connectivity index (χ1v) is 10.6. The molecule has 0 aromatic heterocycles. The van der Waals surface area contributed by atoms with E-state index in [2.05, 4.69) is 20.8 Å². The Morgan fingerprint density at radius 3 is 2.32 bits per heavy atom. The predicted octanol–water partition coefficient (Wildman–Crippen LogP) is 4.68. The second-order valence-electron chi connectivity index (χ2n) is 8.87. The first-order valence-electron chi connectivity index (χ1n) is 10.6. The summed E-state index contributed by atoms with van der Waals surface area (Å²) in [7, 11) is 0. The van der Waals surface area contributed by atoms with Crippen LogP contribution in [0.2, 0.25) is 0 Å². The molecule has 2 aliphatic rings. The number of likely N-dealkylation sites (tertiary alicyclic amines) is 1. The number of carbonyl (C=O) groups is 2. The van der Waals surface area contributed by atoms with E-state index in [1.165, 1.54) is 30.7 Å². The molecule has 1 saturated heterocycles. The van der Waals surface area contributed by atoms with Crippen LogP contribution >= 0.6 is 0 Å². The van der Waals surface area contributed by atoms with Gasteiger partial charge in [-0.3, -0.25) is 9.59 Å². The van der Waals surface area contributed by atoms with Crippen LogP contribution in [-0.2, 0) is 9.53 Å². The molecule has 154 valence electrons. The van der Waals surface area contributed by atoms with Crippen molar-refractivity contribution in [3.63, 3.8) is 0 Å². The molecule has 2 fully saturated rings. The Balaban J connectivity index is 1.53. The molecule has 1 aliphatic heterocycles. The normalized spacial score (nSPS) is 26.3. The molecule has 0 spiro atoms. The molecule has 1 aliphatic carbocycles. The quantitative estimate of drug-likeness (QED) is 0.703. The lowest BCUT2D eigenvalue weighted by molar-refractivity contribution is -0.162. The zero-order valence-electron chi connectivity index (χ0n) is 17.2. The summed E-state index contributed by atoms with van der Waals surface area (Å²) < 4.78 is 19.0. The molecule has 0 radical (unpaired) electrons. The van der Waals surface area contributed by atoms with Crippen molar-refractivity contribution in [2.75, 3.05) is 13.1 Å². The minimum absolute atomic E-state index is 0.0233. The first kappa shape index (κ1) is 20.8. The highest BCUT2D eigenvalue weighted by Crippen LogP contribution is 2.36. The zero-order chi connectivity index (χ0) is 20.3. The van der Waals surface area contributed by atoms with Gasteiger partial charge in [-0.25, -0.2) is 4.39 Å². The maximum Gasteiger partial charge on any atom is 0.309 e. The SMILES string of the molecule is CC1CCC(C(C)C)C(OC(=O)C2CCN(C(=O)c3ccc(F)cc3)CC2)C1. The number of hydrogen-bond acceptors (Lipinski definition) is 3. The predicted molar refractivity (Wildman–Crippen MR) is 106 cm³/mol. The van der Waals surface area contributed by atoms with Gasteiger partial charge >= 0.3 is 5.97 Å². The largest absolute Gasteiger partial charge is 0.462 e. The number of ether oxygens (including phenoxy) is 1. The van der Waals surface area contributed by atoms with Crippen molar-refractivity contribution in [2.45, 2.75) is 59.0 Å². The van der Waals surface area contributed by atoms with Crippen molar-refractivity contribution in [3.8, 4) is 0 Å². The molecule has 28 heavy (non-hydrogen) atoms. The number of amides is 1. The van der Waals surface area contributed by atoms with E-state index in [1.807, 2.05) is 0 Å². The highest BCUT2D eigenvalue weighted by Gasteiger charge is 2.36. The van der Waals surface area contributed by atoms with Crippen molar-refractivity contribution < 1.29 is 18.7 Å². The van der Waals surface area contributed by atoms with Crippen LogP contribution in [0.5, 0.6) is 0 Å². The molecule has 0 bridgehead atoms. The lowest BCUT2D eigenvalue weighted by Gasteiger charge is -2.38. The summed E-state index contributed by atoms with van der Waals surface area (Å²) >= 11 is 0.